The van der Waals surface area contributed by atoms with Crippen molar-refractivity contribution in [3.8, 4) is 5.69 Å². The highest BCUT2D eigenvalue weighted by atomic mass is 16.1. The Bertz CT molecular complexity index is 1020. The van der Waals surface area contributed by atoms with Gasteiger partial charge in [0.2, 0.25) is 0 Å². The third-order valence-electron chi connectivity index (χ3n) is 4.45. The average Bonchev–Trinajstić information content (AvgIpc) is 3.33. The zero-order valence-corrected chi connectivity index (χ0v) is 14.4. The van der Waals surface area contributed by atoms with Gasteiger partial charge in [-0.1, -0.05) is 36.4 Å². The second-order valence-electron chi connectivity index (χ2n) is 6.16. The van der Waals surface area contributed by atoms with Crippen LogP contribution in [-0.2, 0) is 6.54 Å². The Morgan fingerprint density at radius 2 is 1.81 bits per heavy atom. The lowest BCUT2D eigenvalue weighted by molar-refractivity contribution is 0.0946. The maximum atomic E-state index is 12.5. The smallest absolute Gasteiger partial charge is 0.269 e. The summed E-state index contributed by atoms with van der Waals surface area (Å²) in [4.78, 5) is 16.6. The quantitative estimate of drug-likeness (QED) is 0.543. The van der Waals surface area contributed by atoms with Crippen LogP contribution in [0.25, 0.3) is 16.6 Å². The van der Waals surface area contributed by atoms with Crippen LogP contribution in [0.5, 0.6) is 0 Å². The van der Waals surface area contributed by atoms with E-state index in [2.05, 4.69) is 39.3 Å². The van der Waals surface area contributed by atoms with E-state index in [1.54, 1.807) is 17.1 Å². The van der Waals surface area contributed by atoms with Crippen molar-refractivity contribution in [3.05, 3.63) is 85.1 Å². The summed E-state index contributed by atoms with van der Waals surface area (Å²) in [5.74, 6) is -0.108. The van der Waals surface area contributed by atoms with Gasteiger partial charge in [-0.25, -0.2) is 4.98 Å². The summed E-state index contributed by atoms with van der Waals surface area (Å²) in [6.45, 7) is 1.48. The number of imidazole rings is 1. The van der Waals surface area contributed by atoms with E-state index < -0.39 is 0 Å². The number of hydrogen-bond donors (Lipinski definition) is 1. The molecule has 0 aliphatic heterocycles. The number of fused-ring (bicyclic) bond motifs is 1. The van der Waals surface area contributed by atoms with Crippen molar-refractivity contribution < 1.29 is 4.79 Å². The Balaban J connectivity index is 1.36. The molecular formula is C21H20N4O. The van der Waals surface area contributed by atoms with E-state index in [-0.39, 0.29) is 5.91 Å². The molecule has 0 saturated carbocycles. The molecule has 0 fully saturated rings. The van der Waals surface area contributed by atoms with Crippen LogP contribution in [0.2, 0.25) is 0 Å². The third kappa shape index (κ3) is 3.24. The molecule has 0 atom stereocenters. The molecule has 0 aliphatic carbocycles. The van der Waals surface area contributed by atoms with Crippen LogP contribution in [-0.4, -0.2) is 26.6 Å². The van der Waals surface area contributed by atoms with Crippen molar-refractivity contribution in [2.75, 3.05) is 6.54 Å². The van der Waals surface area contributed by atoms with Gasteiger partial charge in [-0.15, -0.1) is 0 Å². The zero-order valence-electron chi connectivity index (χ0n) is 14.4. The van der Waals surface area contributed by atoms with Crippen LogP contribution in [0.1, 0.15) is 16.9 Å². The first-order valence-electron chi connectivity index (χ1n) is 8.73. The molecule has 2 aromatic carbocycles. The van der Waals surface area contributed by atoms with Crippen molar-refractivity contribution in [2.24, 2.45) is 0 Å². The fraction of sp³-hybridized carbons (Fsp3) is 0.143. The highest BCUT2D eigenvalue weighted by molar-refractivity contribution is 5.93. The number of rotatable bonds is 6. The molecule has 0 bridgehead atoms. The second kappa shape index (κ2) is 7.27. The van der Waals surface area contributed by atoms with Gasteiger partial charge in [0, 0.05) is 30.5 Å². The topological polar surface area (TPSA) is 51.9 Å². The number of para-hydroxylation sites is 2. The lowest BCUT2D eigenvalue weighted by atomic mass is 10.2. The van der Waals surface area contributed by atoms with Crippen LogP contribution < -0.4 is 5.32 Å². The molecule has 5 heteroatoms. The number of nitrogens with one attached hydrogen (secondary N) is 1. The number of hydrogen-bond acceptors (Lipinski definition) is 2. The molecule has 5 nitrogen and oxygen atoms in total. The lowest BCUT2D eigenvalue weighted by Crippen LogP contribution is -2.27. The van der Waals surface area contributed by atoms with E-state index in [1.165, 1.54) is 10.9 Å². The predicted octanol–water partition coefficient (Wildman–Crippen LogP) is 3.65. The molecule has 0 spiro atoms. The number of aromatic nitrogens is 3. The molecule has 4 rings (SSSR count). The number of aryl methyl sites for hydroxylation is 1. The lowest BCUT2D eigenvalue weighted by Gasteiger charge is -2.09. The van der Waals surface area contributed by atoms with Crippen molar-refractivity contribution in [1.29, 1.82) is 0 Å². The number of carbonyl (C=O) groups excluding carboxylic acids is 1. The maximum absolute atomic E-state index is 12.5. The normalized spacial score (nSPS) is 10.9. The Morgan fingerprint density at radius 1 is 1.00 bits per heavy atom. The molecule has 1 amide bonds. The van der Waals surface area contributed by atoms with E-state index >= 15 is 0 Å². The molecule has 4 aromatic rings. The van der Waals surface area contributed by atoms with E-state index in [1.807, 2.05) is 42.5 Å². The van der Waals surface area contributed by atoms with E-state index in [4.69, 9.17) is 0 Å². The van der Waals surface area contributed by atoms with Gasteiger partial charge < -0.3 is 9.88 Å². The monoisotopic (exact) mass is 344 g/mol. The SMILES string of the molecule is O=C(NCCCn1ccc2ccccc21)c1cncn1-c1ccccc1. The largest absolute Gasteiger partial charge is 0.351 e. The number of amides is 1. The number of carbonyl (C=O) groups is 1. The molecule has 2 aromatic heterocycles. The van der Waals surface area contributed by atoms with Crippen LogP contribution in [0, 0.1) is 0 Å². The van der Waals surface area contributed by atoms with Crippen LogP contribution in [0.4, 0.5) is 0 Å². The standard InChI is InChI=1S/C21H20N4O/c26-21(20-15-22-16-25(20)18-8-2-1-3-9-18)23-12-6-13-24-14-11-17-7-4-5-10-19(17)24/h1-5,7-11,14-16H,6,12-13H2,(H,23,26). The Labute approximate surface area is 151 Å². The Morgan fingerprint density at radius 3 is 2.69 bits per heavy atom. The van der Waals surface area contributed by atoms with E-state index in [9.17, 15) is 4.79 Å². The Kier molecular flexibility index (Phi) is 4.51. The predicted molar refractivity (Wildman–Crippen MR) is 102 cm³/mol. The molecule has 1 N–H and O–H groups in total. The molecule has 0 radical (unpaired) electrons. The van der Waals surface area contributed by atoms with Gasteiger partial charge in [-0.2, -0.15) is 0 Å². The Hall–Kier alpha value is -3.34. The average molecular weight is 344 g/mol. The fourth-order valence-corrected chi connectivity index (χ4v) is 3.13. The van der Waals surface area contributed by atoms with Crippen LogP contribution >= 0.6 is 0 Å². The summed E-state index contributed by atoms with van der Waals surface area (Å²) in [7, 11) is 0. The summed E-state index contributed by atoms with van der Waals surface area (Å²) in [5.41, 5.74) is 2.69. The fourth-order valence-electron chi connectivity index (χ4n) is 3.13. The molecule has 2 heterocycles. The summed E-state index contributed by atoms with van der Waals surface area (Å²) >= 11 is 0. The summed E-state index contributed by atoms with van der Waals surface area (Å²) in [6, 6.07) is 20.2. The summed E-state index contributed by atoms with van der Waals surface area (Å²) in [6.07, 6.45) is 6.22. The first-order chi connectivity index (χ1) is 12.8. The van der Waals surface area contributed by atoms with Crippen molar-refractivity contribution in [1.82, 2.24) is 19.4 Å². The zero-order chi connectivity index (χ0) is 17.8. The van der Waals surface area contributed by atoms with Gasteiger partial charge in [0.05, 0.1) is 12.5 Å². The van der Waals surface area contributed by atoms with Gasteiger partial charge in [0.15, 0.2) is 0 Å². The molecule has 0 aliphatic rings. The van der Waals surface area contributed by atoms with Gasteiger partial charge >= 0.3 is 0 Å². The first kappa shape index (κ1) is 16.1. The van der Waals surface area contributed by atoms with Gasteiger partial charge in [-0.05, 0) is 36.1 Å². The number of nitrogens with zero attached hydrogens (tertiary/aromatic N) is 3. The van der Waals surface area contributed by atoms with Crippen molar-refractivity contribution >= 4 is 16.8 Å². The number of benzene rings is 2. The molecule has 130 valence electrons. The van der Waals surface area contributed by atoms with Crippen LogP contribution in [0.3, 0.4) is 0 Å². The summed E-state index contributed by atoms with van der Waals surface area (Å²) < 4.78 is 4.02. The van der Waals surface area contributed by atoms with E-state index in [0.29, 0.717) is 12.2 Å². The van der Waals surface area contributed by atoms with E-state index in [0.717, 1.165) is 18.7 Å². The molecule has 26 heavy (non-hydrogen) atoms. The minimum absolute atomic E-state index is 0.108. The van der Waals surface area contributed by atoms with Gasteiger partial charge in [0.1, 0.15) is 5.69 Å². The first-order valence-corrected chi connectivity index (χ1v) is 8.73. The van der Waals surface area contributed by atoms with Crippen molar-refractivity contribution in [3.63, 3.8) is 0 Å². The highest BCUT2D eigenvalue weighted by Crippen LogP contribution is 2.15. The van der Waals surface area contributed by atoms with Gasteiger partial charge in [-0.3, -0.25) is 9.36 Å². The highest BCUT2D eigenvalue weighted by Gasteiger charge is 2.12. The van der Waals surface area contributed by atoms with Gasteiger partial charge in [0.25, 0.3) is 5.91 Å². The minimum Gasteiger partial charge on any atom is -0.351 e. The second-order valence-corrected chi connectivity index (χ2v) is 6.16. The van der Waals surface area contributed by atoms with Crippen molar-refractivity contribution in [2.45, 2.75) is 13.0 Å². The maximum Gasteiger partial charge on any atom is 0.269 e. The summed E-state index contributed by atoms with van der Waals surface area (Å²) in [5, 5.41) is 4.23. The van der Waals surface area contributed by atoms with Crippen LogP contribution in [0.15, 0.2) is 79.4 Å². The molecule has 0 saturated heterocycles. The minimum atomic E-state index is -0.108. The third-order valence-corrected chi connectivity index (χ3v) is 4.45. The molecule has 0 unspecified atom stereocenters. The molecular weight excluding hydrogens is 324 g/mol.